The molecule has 1 aromatic heterocycles. The maximum absolute atomic E-state index is 12.4. The van der Waals surface area contributed by atoms with Crippen LogP contribution in [0, 0.1) is 17.8 Å². The average molecular weight is 303 g/mol. The summed E-state index contributed by atoms with van der Waals surface area (Å²) in [5.74, 6) is 1.06. The Morgan fingerprint density at radius 3 is 2.91 bits per heavy atom. The molecule has 3 aliphatic rings. The molecule has 3 unspecified atom stereocenters. The molecule has 1 aromatic rings. The predicted octanol–water partition coefficient (Wildman–Crippen LogP) is 2.76. The van der Waals surface area contributed by atoms with E-state index < -0.39 is 0 Å². The topological polar surface area (TPSA) is 35.1 Å². The first-order valence-electron chi connectivity index (χ1n) is 8.56. The monoisotopic (exact) mass is 303 g/mol. The Labute approximate surface area is 132 Å². The highest BCUT2D eigenvalue weighted by Crippen LogP contribution is 2.40. The van der Waals surface area contributed by atoms with Crippen molar-refractivity contribution in [3.63, 3.8) is 0 Å². The van der Waals surface area contributed by atoms with E-state index in [9.17, 15) is 4.79 Å². The highest BCUT2D eigenvalue weighted by molar-refractivity contribution is 5.73. The fourth-order valence-electron chi connectivity index (χ4n) is 3.67. The average Bonchev–Trinajstić information content (AvgIpc) is 2.91. The van der Waals surface area contributed by atoms with Gasteiger partial charge in [-0.1, -0.05) is 25.5 Å². The number of rotatable bonds is 6. The Kier molecular flexibility index (Phi) is 4.65. The minimum Gasteiger partial charge on any atom is -0.457 e. The molecule has 0 spiro atoms. The fraction of sp³-hybridized carbons (Fsp3) is 0.667. The number of carbonyl (C=O) groups excluding carboxylic acids is 1. The summed E-state index contributed by atoms with van der Waals surface area (Å²) < 4.78 is 9.84. The van der Waals surface area contributed by atoms with Gasteiger partial charge in [0.25, 0.3) is 0 Å². The lowest BCUT2D eigenvalue weighted by Gasteiger charge is -2.36. The maximum Gasteiger partial charge on any atom is 0.310 e. The fourth-order valence-corrected chi connectivity index (χ4v) is 3.67. The van der Waals surface area contributed by atoms with Crippen molar-refractivity contribution < 1.29 is 14.1 Å². The van der Waals surface area contributed by atoms with E-state index in [4.69, 9.17) is 4.74 Å². The molecule has 0 aliphatic heterocycles. The molecule has 3 atom stereocenters. The Morgan fingerprint density at radius 1 is 1.41 bits per heavy atom. The number of hydrogen-bond acceptors (Lipinski definition) is 2. The summed E-state index contributed by atoms with van der Waals surface area (Å²) >= 11 is 0. The maximum atomic E-state index is 12.4. The summed E-state index contributed by atoms with van der Waals surface area (Å²) in [5.41, 5.74) is 1.06. The predicted molar refractivity (Wildman–Crippen MR) is 83.8 cm³/mol. The van der Waals surface area contributed by atoms with Gasteiger partial charge in [0.15, 0.2) is 12.3 Å². The minimum absolute atomic E-state index is 0.0136. The molecule has 0 amide bonds. The van der Waals surface area contributed by atoms with Crippen LogP contribution in [0.15, 0.2) is 24.7 Å². The Bertz CT molecular complexity index is 561. The number of imidazole rings is 1. The van der Waals surface area contributed by atoms with E-state index in [-0.39, 0.29) is 11.9 Å². The van der Waals surface area contributed by atoms with Crippen molar-refractivity contribution in [3.05, 3.63) is 30.4 Å². The van der Waals surface area contributed by atoms with E-state index in [2.05, 4.69) is 40.7 Å². The third-order valence-electron chi connectivity index (χ3n) is 5.10. The van der Waals surface area contributed by atoms with Gasteiger partial charge in [-0.25, -0.2) is 9.13 Å². The first kappa shape index (κ1) is 15.3. The number of nitrogens with zero attached hydrogens (tertiary/aromatic N) is 2. The molecule has 120 valence electrons. The third-order valence-corrected chi connectivity index (χ3v) is 5.10. The van der Waals surface area contributed by atoms with Crippen LogP contribution in [0.3, 0.4) is 0 Å². The first-order valence-corrected chi connectivity index (χ1v) is 8.56. The second kappa shape index (κ2) is 6.67. The van der Waals surface area contributed by atoms with Crippen molar-refractivity contribution in [1.29, 1.82) is 0 Å². The zero-order valence-corrected chi connectivity index (χ0v) is 13.7. The van der Waals surface area contributed by atoms with Crippen molar-refractivity contribution in [2.75, 3.05) is 0 Å². The van der Waals surface area contributed by atoms with E-state index in [1.165, 1.54) is 19.3 Å². The van der Waals surface area contributed by atoms with Crippen LogP contribution in [-0.4, -0.2) is 10.5 Å². The van der Waals surface area contributed by atoms with E-state index in [1.807, 2.05) is 7.05 Å². The number of carbonyl (C=O) groups is 1. The van der Waals surface area contributed by atoms with Gasteiger partial charge in [-0.2, -0.15) is 0 Å². The van der Waals surface area contributed by atoms with Gasteiger partial charge in [0.05, 0.1) is 19.5 Å². The number of hydrogen-bond donors (Lipinski definition) is 0. The number of allylic oxidation sites excluding steroid dienone is 2. The van der Waals surface area contributed by atoms with Crippen LogP contribution in [0.4, 0.5) is 0 Å². The Morgan fingerprint density at radius 2 is 2.27 bits per heavy atom. The summed E-state index contributed by atoms with van der Waals surface area (Å²) in [4.78, 5) is 12.4. The lowest BCUT2D eigenvalue weighted by Crippen LogP contribution is -2.34. The second-order valence-corrected chi connectivity index (χ2v) is 6.77. The van der Waals surface area contributed by atoms with Gasteiger partial charge in [-0.05, 0) is 37.5 Å². The van der Waals surface area contributed by atoms with Crippen LogP contribution in [0.25, 0.3) is 0 Å². The molecule has 22 heavy (non-hydrogen) atoms. The van der Waals surface area contributed by atoms with Gasteiger partial charge in [0.1, 0.15) is 6.20 Å². The molecule has 4 rings (SSSR count). The van der Waals surface area contributed by atoms with Gasteiger partial charge >= 0.3 is 5.97 Å². The van der Waals surface area contributed by atoms with Crippen LogP contribution < -0.4 is 4.57 Å². The smallest absolute Gasteiger partial charge is 0.310 e. The molecular formula is C18H27N2O2+. The second-order valence-electron chi connectivity index (χ2n) is 6.77. The quantitative estimate of drug-likeness (QED) is 0.460. The minimum atomic E-state index is -0.0136. The van der Waals surface area contributed by atoms with Gasteiger partial charge in [-0.3, -0.25) is 4.79 Å². The van der Waals surface area contributed by atoms with Crippen LogP contribution in [0.1, 0.15) is 44.7 Å². The molecule has 2 bridgehead atoms. The Hall–Kier alpha value is -1.58. The SMILES string of the molecule is CCCC[n+]1cc(COC(=O)C2CC3C=CC2CC3)n(C)c1. The molecule has 1 saturated carbocycles. The van der Waals surface area contributed by atoms with Gasteiger partial charge < -0.3 is 4.74 Å². The summed E-state index contributed by atoms with van der Waals surface area (Å²) in [6, 6.07) is 0. The van der Waals surface area contributed by atoms with E-state index in [0.29, 0.717) is 18.4 Å². The number of aromatic nitrogens is 2. The van der Waals surface area contributed by atoms with E-state index >= 15 is 0 Å². The van der Waals surface area contributed by atoms with Crippen molar-refractivity contribution in [2.45, 2.75) is 52.2 Å². The summed E-state index contributed by atoms with van der Waals surface area (Å²) in [5, 5.41) is 0. The number of esters is 1. The zero-order valence-electron chi connectivity index (χ0n) is 13.7. The largest absolute Gasteiger partial charge is 0.457 e. The molecule has 3 aliphatic carbocycles. The third kappa shape index (κ3) is 3.26. The van der Waals surface area contributed by atoms with Crippen molar-refractivity contribution in [2.24, 2.45) is 24.8 Å². The summed E-state index contributed by atoms with van der Waals surface area (Å²) in [7, 11) is 2.01. The van der Waals surface area contributed by atoms with Crippen LogP contribution in [0.2, 0.25) is 0 Å². The van der Waals surface area contributed by atoms with Gasteiger partial charge in [0.2, 0.25) is 6.33 Å². The Balaban J connectivity index is 1.55. The molecule has 0 radical (unpaired) electrons. The molecule has 1 fully saturated rings. The summed E-state index contributed by atoms with van der Waals surface area (Å²) in [6.07, 6.45) is 14.4. The zero-order chi connectivity index (χ0) is 15.5. The summed E-state index contributed by atoms with van der Waals surface area (Å²) in [6.45, 7) is 3.60. The van der Waals surface area contributed by atoms with Crippen molar-refractivity contribution in [3.8, 4) is 0 Å². The highest BCUT2D eigenvalue weighted by atomic mass is 16.5. The molecular weight excluding hydrogens is 276 g/mol. The van der Waals surface area contributed by atoms with Crippen LogP contribution in [-0.2, 0) is 29.7 Å². The van der Waals surface area contributed by atoms with Crippen LogP contribution in [0.5, 0.6) is 0 Å². The molecule has 0 aromatic carbocycles. The highest BCUT2D eigenvalue weighted by Gasteiger charge is 2.37. The van der Waals surface area contributed by atoms with Crippen molar-refractivity contribution in [1.82, 2.24) is 4.57 Å². The van der Waals surface area contributed by atoms with E-state index in [0.717, 1.165) is 25.1 Å². The first-order chi connectivity index (χ1) is 10.7. The number of ether oxygens (including phenoxy) is 1. The molecule has 0 N–H and O–H groups in total. The molecule has 4 nitrogen and oxygen atoms in total. The van der Waals surface area contributed by atoms with Gasteiger partial charge in [0, 0.05) is 0 Å². The molecule has 1 heterocycles. The number of fused-ring (bicyclic) bond motifs is 2. The number of unbranched alkanes of at least 4 members (excludes halogenated alkanes) is 1. The van der Waals surface area contributed by atoms with Crippen LogP contribution >= 0.6 is 0 Å². The number of aryl methyl sites for hydroxylation is 2. The van der Waals surface area contributed by atoms with E-state index in [1.54, 1.807) is 0 Å². The molecule has 4 heteroatoms. The normalized spacial score (nSPS) is 26.4. The lowest BCUT2D eigenvalue weighted by molar-refractivity contribution is -0.697. The molecule has 0 saturated heterocycles. The lowest BCUT2D eigenvalue weighted by atomic mass is 9.69. The van der Waals surface area contributed by atoms with Gasteiger partial charge in [-0.15, -0.1) is 0 Å². The van der Waals surface area contributed by atoms with Crippen molar-refractivity contribution >= 4 is 5.97 Å². The standard InChI is InChI=1S/C18H27N2O2/c1-3-4-9-20-11-16(19(2)13-20)12-22-18(21)17-10-14-5-7-15(17)8-6-14/h5,7,11,13-15,17H,3-4,6,8-10,12H2,1-2H3/q+1.